The summed E-state index contributed by atoms with van der Waals surface area (Å²) in [5.41, 5.74) is 2.16. The van der Waals surface area contributed by atoms with Crippen LogP contribution in [0.15, 0.2) is 41.1 Å². The molecule has 5 heteroatoms. The van der Waals surface area contributed by atoms with Gasteiger partial charge in [0.15, 0.2) is 0 Å². The molecule has 0 saturated carbocycles. The van der Waals surface area contributed by atoms with Crippen LogP contribution in [0.2, 0.25) is 0 Å². The lowest BCUT2D eigenvalue weighted by Crippen LogP contribution is -2.21. The number of nitriles is 1. The van der Waals surface area contributed by atoms with Gasteiger partial charge >= 0.3 is 0 Å². The van der Waals surface area contributed by atoms with Crippen molar-refractivity contribution in [3.05, 3.63) is 53.4 Å². The fraction of sp³-hybridized carbons (Fsp3) is 0.231. The van der Waals surface area contributed by atoms with E-state index in [1.807, 2.05) is 6.07 Å². The molecule has 0 aliphatic carbocycles. The molecule has 1 aromatic heterocycles. The van der Waals surface area contributed by atoms with Crippen LogP contribution < -0.4 is 5.32 Å². The molecule has 0 radical (unpaired) electrons. The zero-order valence-electron chi connectivity index (χ0n) is 9.71. The number of rotatable bonds is 5. The average molecular weight is 243 g/mol. The average Bonchev–Trinajstić information content (AvgIpc) is 2.92. The van der Waals surface area contributed by atoms with Gasteiger partial charge in [0.05, 0.1) is 23.4 Å². The van der Waals surface area contributed by atoms with Gasteiger partial charge in [-0.1, -0.05) is 17.3 Å². The van der Waals surface area contributed by atoms with E-state index in [-0.39, 0.29) is 0 Å². The van der Waals surface area contributed by atoms with Crippen molar-refractivity contribution in [1.29, 1.82) is 5.26 Å². The Morgan fingerprint density at radius 3 is 2.72 bits per heavy atom. The van der Waals surface area contributed by atoms with E-state index in [1.54, 1.807) is 30.3 Å². The van der Waals surface area contributed by atoms with Gasteiger partial charge in [0.1, 0.15) is 6.26 Å². The lowest BCUT2D eigenvalue weighted by Gasteiger charge is -2.11. The van der Waals surface area contributed by atoms with Crippen molar-refractivity contribution in [3.8, 4) is 6.07 Å². The highest BCUT2D eigenvalue weighted by molar-refractivity contribution is 5.32. The Morgan fingerprint density at radius 2 is 2.11 bits per heavy atom. The van der Waals surface area contributed by atoms with Gasteiger partial charge in [0.25, 0.3) is 0 Å². The quantitative estimate of drug-likeness (QED) is 0.828. The topological polar surface area (TPSA) is 82.1 Å². The molecule has 0 bridgehead atoms. The van der Waals surface area contributed by atoms with Crippen molar-refractivity contribution < 1.29 is 9.63 Å². The molecule has 1 unspecified atom stereocenters. The Balaban J connectivity index is 1.83. The molecule has 0 aliphatic rings. The Bertz CT molecular complexity index is 514. The van der Waals surface area contributed by atoms with Crippen molar-refractivity contribution in [2.24, 2.45) is 0 Å². The Labute approximate surface area is 105 Å². The molecular formula is C13H13N3O2. The third-order valence-corrected chi connectivity index (χ3v) is 2.56. The largest absolute Gasteiger partial charge is 0.387 e. The minimum absolute atomic E-state index is 0.415. The SMILES string of the molecule is N#Cc1ccc(C(O)CNCc2ccon2)cc1. The summed E-state index contributed by atoms with van der Waals surface area (Å²) in [4.78, 5) is 0. The summed E-state index contributed by atoms with van der Waals surface area (Å²) in [7, 11) is 0. The third kappa shape index (κ3) is 3.17. The van der Waals surface area contributed by atoms with Gasteiger partial charge in [-0.05, 0) is 17.7 Å². The molecule has 0 amide bonds. The summed E-state index contributed by atoms with van der Waals surface area (Å²) in [6.45, 7) is 0.961. The lowest BCUT2D eigenvalue weighted by atomic mass is 10.1. The van der Waals surface area contributed by atoms with Crippen LogP contribution in [0.25, 0.3) is 0 Å². The van der Waals surface area contributed by atoms with E-state index in [2.05, 4.69) is 10.5 Å². The Kier molecular flexibility index (Phi) is 4.07. The zero-order chi connectivity index (χ0) is 12.8. The Hall–Kier alpha value is -2.16. The second kappa shape index (κ2) is 5.96. The first-order valence-corrected chi connectivity index (χ1v) is 5.57. The predicted octanol–water partition coefficient (Wildman–Crippen LogP) is 1.37. The number of aromatic nitrogens is 1. The van der Waals surface area contributed by atoms with Gasteiger partial charge in [-0.2, -0.15) is 5.26 Å². The van der Waals surface area contributed by atoms with Crippen molar-refractivity contribution in [2.75, 3.05) is 6.54 Å². The second-order valence-corrected chi connectivity index (χ2v) is 3.87. The van der Waals surface area contributed by atoms with Gasteiger partial charge < -0.3 is 14.9 Å². The molecule has 2 N–H and O–H groups in total. The summed E-state index contributed by atoms with van der Waals surface area (Å²) < 4.78 is 4.70. The van der Waals surface area contributed by atoms with Crippen molar-refractivity contribution >= 4 is 0 Å². The van der Waals surface area contributed by atoms with Crippen molar-refractivity contribution in [2.45, 2.75) is 12.6 Å². The summed E-state index contributed by atoms with van der Waals surface area (Å²) in [5, 5.41) is 25.4. The molecule has 0 fully saturated rings. The first-order chi connectivity index (χ1) is 8.79. The van der Waals surface area contributed by atoms with Crippen LogP contribution in [0.5, 0.6) is 0 Å². The molecule has 2 aromatic rings. The molecular weight excluding hydrogens is 230 g/mol. The maximum absolute atomic E-state index is 9.92. The van der Waals surface area contributed by atoms with Crippen LogP contribution in [-0.4, -0.2) is 16.8 Å². The maximum Gasteiger partial charge on any atom is 0.124 e. The number of nitrogens with one attached hydrogen (secondary N) is 1. The Morgan fingerprint density at radius 1 is 1.33 bits per heavy atom. The zero-order valence-corrected chi connectivity index (χ0v) is 9.71. The van der Waals surface area contributed by atoms with E-state index in [1.165, 1.54) is 6.26 Å². The van der Waals surface area contributed by atoms with Gasteiger partial charge in [-0.15, -0.1) is 0 Å². The van der Waals surface area contributed by atoms with Gasteiger partial charge in [-0.25, -0.2) is 0 Å². The fourth-order valence-electron chi connectivity index (χ4n) is 1.56. The number of aliphatic hydroxyl groups excluding tert-OH is 1. The molecule has 5 nitrogen and oxygen atoms in total. The fourth-order valence-corrected chi connectivity index (χ4v) is 1.56. The van der Waals surface area contributed by atoms with E-state index in [0.717, 1.165) is 11.3 Å². The normalized spacial score (nSPS) is 12.0. The van der Waals surface area contributed by atoms with Gasteiger partial charge in [0, 0.05) is 19.2 Å². The lowest BCUT2D eigenvalue weighted by molar-refractivity contribution is 0.174. The number of hydrogen-bond donors (Lipinski definition) is 2. The van der Waals surface area contributed by atoms with Gasteiger partial charge in [-0.3, -0.25) is 0 Å². The monoisotopic (exact) mass is 243 g/mol. The highest BCUT2D eigenvalue weighted by Gasteiger charge is 2.07. The number of aliphatic hydroxyl groups is 1. The highest BCUT2D eigenvalue weighted by atomic mass is 16.5. The van der Waals surface area contributed by atoms with Crippen LogP contribution in [0.3, 0.4) is 0 Å². The van der Waals surface area contributed by atoms with Gasteiger partial charge in [0.2, 0.25) is 0 Å². The molecule has 2 rings (SSSR count). The first kappa shape index (κ1) is 12.3. The van der Waals surface area contributed by atoms with E-state index < -0.39 is 6.10 Å². The predicted molar refractivity (Wildman–Crippen MR) is 64.3 cm³/mol. The molecule has 0 spiro atoms. The first-order valence-electron chi connectivity index (χ1n) is 5.57. The molecule has 92 valence electrons. The summed E-state index contributed by atoms with van der Waals surface area (Å²) in [6, 6.07) is 10.7. The van der Waals surface area contributed by atoms with E-state index >= 15 is 0 Å². The van der Waals surface area contributed by atoms with E-state index in [9.17, 15) is 5.11 Å². The minimum atomic E-state index is -0.607. The van der Waals surface area contributed by atoms with Crippen LogP contribution >= 0.6 is 0 Å². The van der Waals surface area contributed by atoms with Crippen LogP contribution in [0.1, 0.15) is 22.9 Å². The third-order valence-electron chi connectivity index (χ3n) is 2.56. The molecule has 0 saturated heterocycles. The highest BCUT2D eigenvalue weighted by Crippen LogP contribution is 2.12. The maximum atomic E-state index is 9.92. The van der Waals surface area contributed by atoms with Crippen molar-refractivity contribution in [1.82, 2.24) is 10.5 Å². The van der Waals surface area contributed by atoms with E-state index in [4.69, 9.17) is 9.78 Å². The molecule has 1 atom stereocenters. The smallest absolute Gasteiger partial charge is 0.124 e. The second-order valence-electron chi connectivity index (χ2n) is 3.87. The van der Waals surface area contributed by atoms with Crippen molar-refractivity contribution in [3.63, 3.8) is 0 Å². The standard InChI is InChI=1S/C13H13N3O2/c14-7-10-1-3-11(4-2-10)13(17)9-15-8-12-5-6-18-16-12/h1-6,13,15,17H,8-9H2. The minimum Gasteiger partial charge on any atom is -0.387 e. The number of nitrogens with zero attached hydrogens (tertiary/aromatic N) is 2. The molecule has 0 aliphatic heterocycles. The summed E-state index contributed by atoms with van der Waals surface area (Å²) >= 11 is 0. The molecule has 1 heterocycles. The summed E-state index contributed by atoms with van der Waals surface area (Å²) in [5.74, 6) is 0. The van der Waals surface area contributed by atoms with Crippen LogP contribution in [0, 0.1) is 11.3 Å². The van der Waals surface area contributed by atoms with E-state index in [0.29, 0.717) is 18.7 Å². The number of hydrogen-bond acceptors (Lipinski definition) is 5. The van der Waals surface area contributed by atoms with Crippen LogP contribution in [0.4, 0.5) is 0 Å². The summed E-state index contributed by atoms with van der Waals surface area (Å²) in [6.07, 6.45) is 0.901. The molecule has 1 aromatic carbocycles. The number of benzene rings is 1. The van der Waals surface area contributed by atoms with Crippen LogP contribution in [-0.2, 0) is 6.54 Å². The molecule has 18 heavy (non-hydrogen) atoms.